The zero-order valence-electron chi connectivity index (χ0n) is 16.2. The molecule has 0 radical (unpaired) electrons. The quantitative estimate of drug-likeness (QED) is 0.624. The van der Waals surface area contributed by atoms with Gasteiger partial charge in [-0.2, -0.15) is 0 Å². The van der Waals surface area contributed by atoms with Crippen molar-refractivity contribution in [3.8, 4) is 0 Å². The molecule has 0 fully saturated rings. The van der Waals surface area contributed by atoms with E-state index in [4.69, 9.17) is 10.5 Å². The van der Waals surface area contributed by atoms with Crippen molar-refractivity contribution >= 4 is 28.4 Å². The van der Waals surface area contributed by atoms with Crippen LogP contribution in [-0.2, 0) is 11.2 Å². The molecule has 6 nitrogen and oxygen atoms in total. The third-order valence-electron chi connectivity index (χ3n) is 4.82. The van der Waals surface area contributed by atoms with Gasteiger partial charge in [-0.25, -0.2) is 4.79 Å². The Morgan fingerprint density at radius 3 is 2.68 bits per heavy atom. The number of aromatic amines is 1. The summed E-state index contributed by atoms with van der Waals surface area (Å²) in [6.45, 7) is 5.47. The minimum Gasteiger partial charge on any atom is -0.443 e. The first-order chi connectivity index (χ1) is 13.2. The number of rotatable bonds is 1. The third-order valence-corrected chi connectivity index (χ3v) is 4.82. The van der Waals surface area contributed by atoms with Crippen LogP contribution in [0.3, 0.4) is 0 Å². The van der Waals surface area contributed by atoms with Gasteiger partial charge in [0.25, 0.3) is 5.56 Å². The molecule has 4 rings (SSSR count). The number of nitrogen functional groups attached to an aromatic ring is 1. The average Bonchev–Trinajstić information content (AvgIpc) is 2.98. The summed E-state index contributed by atoms with van der Waals surface area (Å²) in [7, 11) is 0. The monoisotopic (exact) mass is 377 g/mol. The molecule has 2 heterocycles. The predicted octanol–water partition coefficient (Wildman–Crippen LogP) is 4.15. The predicted molar refractivity (Wildman–Crippen MR) is 111 cm³/mol. The molecule has 1 aromatic heterocycles. The Morgan fingerprint density at radius 1 is 1.18 bits per heavy atom. The maximum absolute atomic E-state index is 13.0. The van der Waals surface area contributed by atoms with Gasteiger partial charge in [0.1, 0.15) is 5.60 Å². The minimum absolute atomic E-state index is 0.210. The Labute approximate surface area is 162 Å². The maximum atomic E-state index is 13.0. The number of nitrogens with zero attached hydrogens (tertiary/aromatic N) is 1. The lowest BCUT2D eigenvalue weighted by Crippen LogP contribution is -2.39. The molecular weight excluding hydrogens is 354 g/mol. The second-order valence-corrected chi connectivity index (χ2v) is 8.10. The van der Waals surface area contributed by atoms with Crippen LogP contribution in [0.15, 0.2) is 53.3 Å². The third kappa shape index (κ3) is 3.22. The molecule has 0 saturated carbocycles. The van der Waals surface area contributed by atoms with E-state index in [9.17, 15) is 9.59 Å². The standard InChI is InChI=1S/C22H23N3O3/c1-22(2,3)28-21(27)25-18-9-8-15(23)10-14(18)12-19(25)16-11-13-6-4-5-7-17(13)24-20(16)26/h4-11,19H,12,23H2,1-3H3,(H,24,26). The van der Waals surface area contributed by atoms with Crippen molar-refractivity contribution in [2.75, 3.05) is 10.6 Å². The zero-order chi connectivity index (χ0) is 20.1. The molecule has 1 aliphatic rings. The van der Waals surface area contributed by atoms with Gasteiger partial charge in [-0.15, -0.1) is 0 Å². The number of para-hydroxylation sites is 1. The SMILES string of the molecule is CC(C)(C)OC(=O)N1c2ccc(N)cc2CC1c1cc2ccccc2[nH]c1=O. The van der Waals surface area contributed by atoms with Crippen LogP contribution >= 0.6 is 0 Å². The fraction of sp³-hybridized carbons (Fsp3) is 0.273. The van der Waals surface area contributed by atoms with E-state index < -0.39 is 17.7 Å². The van der Waals surface area contributed by atoms with Crippen molar-refractivity contribution < 1.29 is 9.53 Å². The lowest BCUT2D eigenvalue weighted by atomic mass is 10.0. The van der Waals surface area contributed by atoms with Crippen LogP contribution in [0.1, 0.15) is 37.9 Å². The highest BCUT2D eigenvalue weighted by Crippen LogP contribution is 2.41. The zero-order valence-corrected chi connectivity index (χ0v) is 16.2. The van der Waals surface area contributed by atoms with Gasteiger partial charge in [0.15, 0.2) is 0 Å². The minimum atomic E-state index is -0.645. The summed E-state index contributed by atoms with van der Waals surface area (Å²) in [6.07, 6.45) is 0.0229. The second kappa shape index (κ2) is 6.41. The molecule has 0 spiro atoms. The van der Waals surface area contributed by atoms with Crippen molar-refractivity contribution in [1.29, 1.82) is 0 Å². The number of aromatic nitrogens is 1. The van der Waals surface area contributed by atoms with E-state index in [1.807, 2.05) is 63.2 Å². The van der Waals surface area contributed by atoms with Gasteiger partial charge in [-0.3, -0.25) is 9.69 Å². The average molecular weight is 377 g/mol. The number of anilines is 2. The van der Waals surface area contributed by atoms with Crippen LogP contribution < -0.4 is 16.2 Å². The molecule has 144 valence electrons. The smallest absolute Gasteiger partial charge is 0.415 e. The first-order valence-electron chi connectivity index (χ1n) is 9.25. The molecule has 1 aliphatic heterocycles. The number of hydrogen-bond acceptors (Lipinski definition) is 4. The molecule has 0 aliphatic carbocycles. The van der Waals surface area contributed by atoms with Crippen LogP contribution in [0.2, 0.25) is 0 Å². The highest BCUT2D eigenvalue weighted by molar-refractivity contribution is 5.92. The van der Waals surface area contributed by atoms with Crippen molar-refractivity contribution in [3.05, 3.63) is 70.0 Å². The second-order valence-electron chi connectivity index (χ2n) is 8.10. The molecule has 0 saturated heterocycles. The van der Waals surface area contributed by atoms with E-state index in [2.05, 4.69) is 4.98 Å². The van der Waals surface area contributed by atoms with Gasteiger partial charge < -0.3 is 15.5 Å². The van der Waals surface area contributed by atoms with Gasteiger partial charge in [0, 0.05) is 16.8 Å². The number of H-pyrrole nitrogens is 1. The number of carbonyl (C=O) groups is 1. The fourth-order valence-corrected chi connectivity index (χ4v) is 3.67. The lowest BCUT2D eigenvalue weighted by molar-refractivity contribution is 0.0569. The number of amides is 1. The fourth-order valence-electron chi connectivity index (χ4n) is 3.67. The highest BCUT2D eigenvalue weighted by Gasteiger charge is 2.38. The van der Waals surface area contributed by atoms with E-state index >= 15 is 0 Å². The summed E-state index contributed by atoms with van der Waals surface area (Å²) >= 11 is 0. The molecule has 3 N–H and O–H groups in total. The number of benzene rings is 2. The Bertz CT molecular complexity index is 1130. The first-order valence-corrected chi connectivity index (χ1v) is 9.25. The van der Waals surface area contributed by atoms with Crippen LogP contribution in [0.25, 0.3) is 10.9 Å². The van der Waals surface area contributed by atoms with Gasteiger partial charge in [0.2, 0.25) is 0 Å². The Morgan fingerprint density at radius 2 is 1.93 bits per heavy atom. The van der Waals surface area contributed by atoms with Gasteiger partial charge in [-0.1, -0.05) is 18.2 Å². The van der Waals surface area contributed by atoms with E-state index in [1.165, 1.54) is 0 Å². The number of nitrogens with one attached hydrogen (secondary N) is 1. The van der Waals surface area contributed by atoms with Crippen LogP contribution in [-0.4, -0.2) is 16.7 Å². The molecule has 2 aromatic carbocycles. The number of fused-ring (bicyclic) bond motifs is 2. The van der Waals surface area contributed by atoms with Crippen LogP contribution in [0, 0.1) is 0 Å². The molecule has 1 atom stereocenters. The Kier molecular flexibility index (Phi) is 4.14. The highest BCUT2D eigenvalue weighted by atomic mass is 16.6. The van der Waals surface area contributed by atoms with Crippen molar-refractivity contribution in [2.24, 2.45) is 0 Å². The molecule has 6 heteroatoms. The van der Waals surface area contributed by atoms with E-state index in [0.717, 1.165) is 22.2 Å². The number of ether oxygens (including phenoxy) is 1. The maximum Gasteiger partial charge on any atom is 0.415 e. The van der Waals surface area contributed by atoms with Crippen LogP contribution in [0.5, 0.6) is 0 Å². The van der Waals surface area contributed by atoms with Crippen molar-refractivity contribution in [3.63, 3.8) is 0 Å². The summed E-state index contributed by atoms with van der Waals surface area (Å²) in [6, 6.07) is 14.4. The molecule has 1 amide bonds. The topological polar surface area (TPSA) is 88.4 Å². The van der Waals surface area contributed by atoms with Crippen molar-refractivity contribution in [1.82, 2.24) is 4.98 Å². The number of nitrogens with two attached hydrogens (primary N) is 1. The number of carbonyl (C=O) groups excluding carboxylic acids is 1. The summed E-state index contributed by atoms with van der Waals surface area (Å²) in [5.41, 5.74) is 8.64. The molecular formula is C22H23N3O3. The Balaban J connectivity index is 1.84. The van der Waals surface area contributed by atoms with E-state index in [1.54, 1.807) is 11.0 Å². The van der Waals surface area contributed by atoms with Crippen LogP contribution in [0.4, 0.5) is 16.2 Å². The summed E-state index contributed by atoms with van der Waals surface area (Å²) in [5.74, 6) is 0. The van der Waals surface area contributed by atoms with E-state index in [-0.39, 0.29) is 5.56 Å². The first kappa shape index (κ1) is 18.1. The summed E-state index contributed by atoms with van der Waals surface area (Å²) in [4.78, 5) is 30.4. The van der Waals surface area contributed by atoms with Gasteiger partial charge in [-0.05, 0) is 68.5 Å². The molecule has 1 unspecified atom stereocenters. The molecule has 0 bridgehead atoms. The summed E-state index contributed by atoms with van der Waals surface area (Å²) in [5, 5.41) is 0.914. The van der Waals surface area contributed by atoms with Gasteiger partial charge in [0.05, 0.1) is 11.7 Å². The molecule has 3 aromatic rings. The lowest BCUT2D eigenvalue weighted by Gasteiger charge is -2.29. The van der Waals surface area contributed by atoms with E-state index in [0.29, 0.717) is 17.7 Å². The summed E-state index contributed by atoms with van der Waals surface area (Å²) < 4.78 is 5.63. The Hall–Kier alpha value is -3.28. The number of pyridine rings is 1. The number of hydrogen-bond donors (Lipinski definition) is 2. The molecule has 28 heavy (non-hydrogen) atoms. The largest absolute Gasteiger partial charge is 0.443 e. The normalized spacial score (nSPS) is 16.2. The van der Waals surface area contributed by atoms with Gasteiger partial charge >= 0.3 is 6.09 Å². The van der Waals surface area contributed by atoms with Crippen molar-refractivity contribution in [2.45, 2.75) is 38.8 Å².